The van der Waals surface area contributed by atoms with Crippen molar-refractivity contribution in [2.75, 3.05) is 6.67 Å². The van der Waals surface area contributed by atoms with E-state index in [0.29, 0.717) is 22.7 Å². The molecule has 2 aromatic heterocycles. The smallest absolute Gasteiger partial charge is 0.263 e. The predicted molar refractivity (Wildman–Crippen MR) is 99.0 cm³/mol. The van der Waals surface area contributed by atoms with Crippen molar-refractivity contribution in [1.82, 2.24) is 9.55 Å². The van der Waals surface area contributed by atoms with Crippen LogP contribution in [0.3, 0.4) is 0 Å². The van der Waals surface area contributed by atoms with E-state index in [1.54, 1.807) is 12.1 Å². The molecule has 0 saturated carbocycles. The van der Waals surface area contributed by atoms with Gasteiger partial charge in [0, 0.05) is 21.9 Å². The maximum Gasteiger partial charge on any atom is 0.263 e. The van der Waals surface area contributed by atoms with Crippen LogP contribution in [0.1, 0.15) is 24.0 Å². The second-order valence-electron chi connectivity index (χ2n) is 5.64. The summed E-state index contributed by atoms with van der Waals surface area (Å²) in [6.45, 7) is 3.47. The second kappa shape index (κ2) is 7.03. The lowest BCUT2D eigenvalue weighted by atomic mass is 10.0. The zero-order valence-corrected chi connectivity index (χ0v) is 15.2. The lowest BCUT2D eigenvalue weighted by Gasteiger charge is -2.10. The summed E-state index contributed by atoms with van der Waals surface area (Å²) in [6.07, 6.45) is 1.52. The van der Waals surface area contributed by atoms with Gasteiger partial charge in [0.15, 0.2) is 0 Å². The van der Waals surface area contributed by atoms with Crippen molar-refractivity contribution in [2.45, 2.75) is 33.2 Å². The van der Waals surface area contributed by atoms with Crippen LogP contribution < -0.4 is 5.56 Å². The molecular weight excluding hydrogens is 347 g/mol. The van der Waals surface area contributed by atoms with Gasteiger partial charge in [0.2, 0.25) is 0 Å². The fourth-order valence-corrected chi connectivity index (χ4v) is 4.11. The fraction of sp³-hybridized carbons (Fsp3) is 0.333. The Morgan fingerprint density at radius 2 is 2.00 bits per heavy atom. The van der Waals surface area contributed by atoms with E-state index in [0.717, 1.165) is 27.3 Å². The summed E-state index contributed by atoms with van der Waals surface area (Å²) >= 11 is 7.47. The van der Waals surface area contributed by atoms with Gasteiger partial charge >= 0.3 is 0 Å². The van der Waals surface area contributed by atoms with Gasteiger partial charge in [-0.25, -0.2) is 9.37 Å². The van der Waals surface area contributed by atoms with Crippen molar-refractivity contribution in [2.24, 2.45) is 0 Å². The molecule has 0 spiro atoms. The van der Waals surface area contributed by atoms with Gasteiger partial charge in [0.1, 0.15) is 17.3 Å². The Morgan fingerprint density at radius 3 is 2.62 bits per heavy atom. The summed E-state index contributed by atoms with van der Waals surface area (Å²) in [5, 5.41) is 1.22. The number of thiophene rings is 1. The Morgan fingerprint density at radius 1 is 1.29 bits per heavy atom. The van der Waals surface area contributed by atoms with Crippen LogP contribution in [0.15, 0.2) is 29.1 Å². The summed E-state index contributed by atoms with van der Waals surface area (Å²) in [6, 6.07) is 7.41. The van der Waals surface area contributed by atoms with Gasteiger partial charge in [-0.15, -0.1) is 11.3 Å². The van der Waals surface area contributed by atoms with Gasteiger partial charge in [-0.1, -0.05) is 30.7 Å². The third kappa shape index (κ3) is 2.98. The van der Waals surface area contributed by atoms with Crippen LogP contribution in [-0.2, 0) is 13.0 Å². The topological polar surface area (TPSA) is 34.9 Å². The highest BCUT2D eigenvalue weighted by Crippen LogP contribution is 2.36. The quantitative estimate of drug-likeness (QED) is 0.638. The molecular formula is C18H18ClFN2OS. The molecule has 0 atom stereocenters. The summed E-state index contributed by atoms with van der Waals surface area (Å²) < 4.78 is 14.4. The first-order valence-corrected chi connectivity index (χ1v) is 9.11. The molecule has 0 aliphatic carbocycles. The summed E-state index contributed by atoms with van der Waals surface area (Å²) in [5.74, 6) is 0.663. The van der Waals surface area contributed by atoms with Gasteiger partial charge < -0.3 is 0 Å². The molecule has 6 heteroatoms. The van der Waals surface area contributed by atoms with Crippen LogP contribution in [0.5, 0.6) is 0 Å². The van der Waals surface area contributed by atoms with Gasteiger partial charge in [0.05, 0.1) is 11.9 Å². The maximum atomic E-state index is 13.0. The molecule has 0 radical (unpaired) electrons. The van der Waals surface area contributed by atoms with E-state index in [9.17, 15) is 9.18 Å². The first-order valence-electron chi connectivity index (χ1n) is 7.91. The molecule has 0 fully saturated rings. The molecule has 1 aromatic carbocycles. The van der Waals surface area contributed by atoms with E-state index in [1.807, 2.05) is 26.0 Å². The standard InChI is InChI=1S/C18H18ClFN2OS/c1-3-4-14-21-17-16(18(23)22(14)10-9-20)15(11(2)24-17)12-5-7-13(19)8-6-12/h5-8H,3-4,9-10H2,1-2H3. The molecule has 0 amide bonds. The normalized spacial score (nSPS) is 11.3. The molecule has 0 saturated heterocycles. The van der Waals surface area contributed by atoms with Crippen molar-refractivity contribution in [3.05, 3.63) is 50.3 Å². The molecule has 126 valence electrons. The third-order valence-corrected chi connectivity index (χ3v) is 5.23. The van der Waals surface area contributed by atoms with Crippen molar-refractivity contribution < 1.29 is 4.39 Å². The van der Waals surface area contributed by atoms with Gasteiger partial charge in [-0.2, -0.15) is 0 Å². The number of hydrogen-bond donors (Lipinski definition) is 0. The molecule has 0 unspecified atom stereocenters. The Balaban J connectivity index is 2.32. The lowest BCUT2D eigenvalue weighted by Crippen LogP contribution is -2.26. The van der Waals surface area contributed by atoms with Crippen LogP contribution in [-0.4, -0.2) is 16.2 Å². The van der Waals surface area contributed by atoms with Crippen LogP contribution in [0.25, 0.3) is 21.3 Å². The van der Waals surface area contributed by atoms with Gasteiger partial charge in [-0.3, -0.25) is 9.36 Å². The molecule has 0 aliphatic rings. The predicted octanol–water partition coefficient (Wildman–Crippen LogP) is 5.01. The van der Waals surface area contributed by atoms with Crippen molar-refractivity contribution in [3.63, 3.8) is 0 Å². The minimum absolute atomic E-state index is 0.0477. The van der Waals surface area contributed by atoms with E-state index in [4.69, 9.17) is 11.6 Å². The Hall–Kier alpha value is -1.72. The van der Waals surface area contributed by atoms with E-state index >= 15 is 0 Å². The molecule has 0 aliphatic heterocycles. The largest absolute Gasteiger partial charge is 0.293 e. The molecule has 0 N–H and O–H groups in total. The van der Waals surface area contributed by atoms with Crippen LogP contribution >= 0.6 is 22.9 Å². The average Bonchev–Trinajstić information content (AvgIpc) is 2.88. The maximum absolute atomic E-state index is 13.0. The van der Waals surface area contributed by atoms with Crippen LogP contribution in [0.4, 0.5) is 4.39 Å². The number of alkyl halides is 1. The van der Waals surface area contributed by atoms with Crippen LogP contribution in [0, 0.1) is 6.92 Å². The van der Waals surface area contributed by atoms with Crippen LogP contribution in [0.2, 0.25) is 5.02 Å². The minimum Gasteiger partial charge on any atom is -0.293 e. The van der Waals surface area contributed by atoms with Gasteiger partial charge in [0.25, 0.3) is 5.56 Å². The Kier molecular flexibility index (Phi) is 5.01. The number of rotatable bonds is 5. The Bertz CT molecular complexity index is 931. The van der Waals surface area contributed by atoms with E-state index < -0.39 is 6.67 Å². The fourth-order valence-electron chi connectivity index (χ4n) is 2.93. The monoisotopic (exact) mass is 364 g/mol. The molecule has 3 rings (SSSR count). The van der Waals surface area contributed by atoms with Crippen molar-refractivity contribution >= 4 is 33.2 Å². The highest BCUT2D eigenvalue weighted by atomic mass is 35.5. The highest BCUT2D eigenvalue weighted by Gasteiger charge is 2.19. The lowest BCUT2D eigenvalue weighted by molar-refractivity contribution is 0.431. The second-order valence-corrected chi connectivity index (χ2v) is 7.28. The molecule has 0 bridgehead atoms. The zero-order chi connectivity index (χ0) is 17.3. The number of hydrogen-bond acceptors (Lipinski definition) is 3. The first-order chi connectivity index (χ1) is 11.6. The average molecular weight is 365 g/mol. The first kappa shape index (κ1) is 17.1. The van der Waals surface area contributed by atoms with Crippen molar-refractivity contribution in [1.29, 1.82) is 0 Å². The SMILES string of the molecule is CCCc1nc2sc(C)c(-c3ccc(Cl)cc3)c2c(=O)n1CCF. The Labute approximate surface area is 148 Å². The van der Waals surface area contributed by atoms with Gasteiger partial charge in [-0.05, 0) is 31.0 Å². The number of aromatic nitrogens is 2. The molecule has 24 heavy (non-hydrogen) atoms. The number of fused-ring (bicyclic) bond motifs is 1. The number of halogens is 2. The zero-order valence-electron chi connectivity index (χ0n) is 13.6. The number of aryl methyl sites for hydroxylation is 2. The molecule has 3 aromatic rings. The minimum atomic E-state index is -0.580. The number of benzene rings is 1. The third-order valence-electron chi connectivity index (χ3n) is 3.98. The van der Waals surface area contributed by atoms with E-state index in [-0.39, 0.29) is 12.1 Å². The molecule has 3 nitrogen and oxygen atoms in total. The summed E-state index contributed by atoms with van der Waals surface area (Å²) in [5.41, 5.74) is 1.65. The van der Waals surface area contributed by atoms with E-state index in [1.165, 1.54) is 15.9 Å². The highest BCUT2D eigenvalue weighted by molar-refractivity contribution is 7.19. The molecule has 2 heterocycles. The summed E-state index contributed by atoms with van der Waals surface area (Å²) in [4.78, 5) is 19.4. The van der Waals surface area contributed by atoms with E-state index in [2.05, 4.69) is 4.98 Å². The van der Waals surface area contributed by atoms with Crippen molar-refractivity contribution in [3.8, 4) is 11.1 Å². The summed E-state index contributed by atoms with van der Waals surface area (Å²) in [7, 11) is 0. The number of nitrogens with zero attached hydrogens (tertiary/aromatic N) is 2.